The number of Topliss-reactive ketones (excluding diaryl/α,β-unsaturated/α-hetero) is 1. The van der Waals surface area contributed by atoms with Crippen molar-refractivity contribution in [1.29, 1.82) is 0 Å². The van der Waals surface area contributed by atoms with Crippen LogP contribution in [0.3, 0.4) is 0 Å². The fourth-order valence-electron chi connectivity index (χ4n) is 2.88. The summed E-state index contributed by atoms with van der Waals surface area (Å²) in [4.78, 5) is 37.8. The van der Waals surface area contributed by atoms with Crippen LogP contribution in [0.2, 0.25) is 0 Å². The number of ketones is 1. The average molecular weight is 403 g/mol. The first-order chi connectivity index (χ1) is 14.3. The molecule has 2 aromatic carbocycles. The standard InChI is InChI=1S/C23H21N3O4/c1-15(27)21-20(6-4-5-16-7-11-18(12-8-16)25(2)3)22(28)26(24-21)19-13-9-17(10-14-19)23(29)30/h4-14H,1-3H3,(H,29,30)/b5-4?,20-6-. The third-order valence-corrected chi connectivity index (χ3v) is 4.53. The number of amides is 1. The van der Waals surface area contributed by atoms with Crippen molar-refractivity contribution in [3.63, 3.8) is 0 Å². The summed E-state index contributed by atoms with van der Waals surface area (Å²) in [5, 5.41) is 14.3. The molecule has 1 N–H and O–H groups in total. The van der Waals surface area contributed by atoms with E-state index >= 15 is 0 Å². The number of anilines is 2. The van der Waals surface area contributed by atoms with Gasteiger partial charge in [0, 0.05) is 26.7 Å². The number of nitrogens with zero attached hydrogens (tertiary/aromatic N) is 3. The summed E-state index contributed by atoms with van der Waals surface area (Å²) >= 11 is 0. The van der Waals surface area contributed by atoms with Crippen LogP contribution in [-0.4, -0.2) is 42.6 Å². The first-order valence-electron chi connectivity index (χ1n) is 9.21. The lowest BCUT2D eigenvalue weighted by Crippen LogP contribution is -2.21. The summed E-state index contributed by atoms with van der Waals surface area (Å²) in [7, 11) is 3.93. The minimum atomic E-state index is -1.06. The Hall–Kier alpha value is -4.00. The highest BCUT2D eigenvalue weighted by atomic mass is 16.4. The zero-order valence-corrected chi connectivity index (χ0v) is 16.9. The molecule has 0 atom stereocenters. The quantitative estimate of drug-likeness (QED) is 0.747. The molecule has 0 aromatic heterocycles. The first-order valence-corrected chi connectivity index (χ1v) is 9.21. The SMILES string of the molecule is CC(=O)C1=NN(c2ccc(C(=O)O)cc2)C(=O)/C1=C\C=Cc1ccc(N(C)C)cc1. The normalized spacial score (nSPS) is 15.0. The van der Waals surface area contributed by atoms with Crippen molar-refractivity contribution in [2.45, 2.75) is 6.92 Å². The fraction of sp³-hybridized carbons (Fsp3) is 0.130. The second kappa shape index (κ2) is 8.57. The number of carbonyl (C=O) groups is 3. The van der Waals surface area contributed by atoms with E-state index in [0.29, 0.717) is 5.69 Å². The van der Waals surface area contributed by atoms with Crippen LogP contribution in [0.15, 0.2) is 71.4 Å². The van der Waals surface area contributed by atoms with Gasteiger partial charge >= 0.3 is 5.97 Å². The lowest BCUT2D eigenvalue weighted by Gasteiger charge is -2.11. The maximum absolute atomic E-state index is 12.8. The minimum Gasteiger partial charge on any atom is -0.478 e. The second-order valence-corrected chi connectivity index (χ2v) is 6.90. The molecule has 0 saturated heterocycles. The second-order valence-electron chi connectivity index (χ2n) is 6.90. The van der Waals surface area contributed by atoms with Crippen LogP contribution in [-0.2, 0) is 9.59 Å². The molecular formula is C23H21N3O4. The number of hydrazone groups is 1. The molecule has 1 heterocycles. The van der Waals surface area contributed by atoms with Gasteiger partial charge < -0.3 is 10.0 Å². The topological polar surface area (TPSA) is 90.3 Å². The van der Waals surface area contributed by atoms with Crippen LogP contribution in [0.1, 0.15) is 22.8 Å². The number of hydrogen-bond donors (Lipinski definition) is 1. The maximum Gasteiger partial charge on any atom is 0.335 e. The van der Waals surface area contributed by atoms with Gasteiger partial charge in [-0.3, -0.25) is 9.59 Å². The summed E-state index contributed by atoms with van der Waals surface area (Å²) in [6.45, 7) is 1.35. The highest BCUT2D eigenvalue weighted by Crippen LogP contribution is 2.25. The average Bonchev–Trinajstić information content (AvgIpc) is 3.05. The van der Waals surface area contributed by atoms with E-state index in [2.05, 4.69) is 5.10 Å². The largest absolute Gasteiger partial charge is 0.478 e. The third-order valence-electron chi connectivity index (χ3n) is 4.53. The van der Waals surface area contributed by atoms with Crippen molar-refractivity contribution >= 4 is 40.8 Å². The Balaban J connectivity index is 1.85. The van der Waals surface area contributed by atoms with Gasteiger partial charge in [-0.15, -0.1) is 0 Å². The molecular weight excluding hydrogens is 382 g/mol. The zero-order chi connectivity index (χ0) is 21.8. The minimum absolute atomic E-state index is 0.0647. The van der Waals surface area contributed by atoms with Gasteiger partial charge in [0.15, 0.2) is 5.78 Å². The van der Waals surface area contributed by atoms with Crippen LogP contribution < -0.4 is 9.91 Å². The number of benzene rings is 2. The van der Waals surface area contributed by atoms with E-state index in [1.54, 1.807) is 12.2 Å². The Morgan fingerprint density at radius 3 is 2.20 bits per heavy atom. The van der Waals surface area contributed by atoms with Crippen LogP contribution in [0.5, 0.6) is 0 Å². The molecule has 0 spiro atoms. The predicted molar refractivity (Wildman–Crippen MR) is 117 cm³/mol. The molecule has 1 aliphatic heterocycles. The molecule has 0 aliphatic carbocycles. The molecule has 0 fully saturated rings. The molecule has 1 aliphatic rings. The van der Waals surface area contributed by atoms with Crippen molar-refractivity contribution in [2.24, 2.45) is 5.10 Å². The van der Waals surface area contributed by atoms with Crippen LogP contribution in [0.25, 0.3) is 6.08 Å². The summed E-state index contributed by atoms with van der Waals surface area (Å²) < 4.78 is 0. The first kappa shape index (κ1) is 20.7. The lowest BCUT2D eigenvalue weighted by atomic mass is 10.1. The van der Waals surface area contributed by atoms with Crippen LogP contribution >= 0.6 is 0 Å². The van der Waals surface area contributed by atoms with Gasteiger partial charge in [0.2, 0.25) is 0 Å². The van der Waals surface area contributed by atoms with Gasteiger partial charge in [0.05, 0.1) is 16.8 Å². The summed E-state index contributed by atoms with van der Waals surface area (Å²) in [5.74, 6) is -1.84. The van der Waals surface area contributed by atoms with E-state index in [9.17, 15) is 14.4 Å². The highest BCUT2D eigenvalue weighted by molar-refractivity contribution is 6.54. The number of carbonyl (C=O) groups excluding carboxylic acids is 2. The Morgan fingerprint density at radius 1 is 1.03 bits per heavy atom. The van der Waals surface area contributed by atoms with E-state index in [-0.39, 0.29) is 22.6 Å². The molecule has 7 nitrogen and oxygen atoms in total. The monoisotopic (exact) mass is 403 g/mol. The maximum atomic E-state index is 12.8. The molecule has 152 valence electrons. The molecule has 30 heavy (non-hydrogen) atoms. The number of rotatable bonds is 6. The fourth-order valence-corrected chi connectivity index (χ4v) is 2.88. The van der Waals surface area contributed by atoms with Gasteiger partial charge in [-0.05, 0) is 48.0 Å². The lowest BCUT2D eigenvalue weighted by molar-refractivity contribution is -0.115. The smallest absolute Gasteiger partial charge is 0.335 e. The highest BCUT2D eigenvalue weighted by Gasteiger charge is 2.33. The molecule has 1 amide bonds. The van der Waals surface area contributed by atoms with Crippen molar-refractivity contribution < 1.29 is 19.5 Å². The zero-order valence-electron chi connectivity index (χ0n) is 16.9. The number of aromatic carboxylic acids is 1. The van der Waals surface area contributed by atoms with Gasteiger partial charge in [-0.1, -0.05) is 24.3 Å². The molecule has 0 bridgehead atoms. The Bertz CT molecular complexity index is 1080. The van der Waals surface area contributed by atoms with E-state index in [1.807, 2.05) is 49.3 Å². The van der Waals surface area contributed by atoms with Gasteiger partial charge in [-0.25, -0.2) is 4.79 Å². The predicted octanol–water partition coefficient (Wildman–Crippen LogP) is 3.38. The molecule has 0 radical (unpaired) electrons. The molecule has 0 saturated carbocycles. The van der Waals surface area contributed by atoms with E-state index < -0.39 is 11.9 Å². The molecule has 0 unspecified atom stereocenters. The van der Waals surface area contributed by atoms with E-state index in [4.69, 9.17) is 5.11 Å². The Kier molecular flexibility index (Phi) is 5.92. The summed E-state index contributed by atoms with van der Waals surface area (Å²) in [6.07, 6.45) is 5.10. The van der Waals surface area contributed by atoms with Crippen molar-refractivity contribution in [3.8, 4) is 0 Å². The van der Waals surface area contributed by atoms with E-state index in [1.165, 1.54) is 31.2 Å². The number of carboxylic acids is 1. The van der Waals surface area contributed by atoms with E-state index in [0.717, 1.165) is 16.3 Å². The third kappa shape index (κ3) is 4.35. The van der Waals surface area contributed by atoms with Crippen molar-refractivity contribution in [1.82, 2.24) is 0 Å². The van der Waals surface area contributed by atoms with Crippen LogP contribution in [0.4, 0.5) is 11.4 Å². The van der Waals surface area contributed by atoms with Crippen molar-refractivity contribution in [3.05, 3.63) is 77.4 Å². The molecule has 7 heteroatoms. The van der Waals surface area contributed by atoms with Crippen molar-refractivity contribution in [2.75, 3.05) is 24.0 Å². The van der Waals surface area contributed by atoms with Gasteiger partial charge in [-0.2, -0.15) is 10.1 Å². The summed E-state index contributed by atoms with van der Waals surface area (Å²) in [5.41, 5.74) is 2.76. The number of carboxylic acid groups (broad SMARTS) is 1. The van der Waals surface area contributed by atoms with Gasteiger partial charge in [0.25, 0.3) is 5.91 Å². The Morgan fingerprint density at radius 2 is 1.67 bits per heavy atom. The van der Waals surface area contributed by atoms with Crippen LogP contribution in [0, 0.1) is 0 Å². The summed E-state index contributed by atoms with van der Waals surface area (Å²) in [6, 6.07) is 13.6. The number of hydrogen-bond acceptors (Lipinski definition) is 5. The van der Waals surface area contributed by atoms with Gasteiger partial charge in [0.1, 0.15) is 5.71 Å². The molecule has 3 rings (SSSR count). The Labute approximate surface area is 174 Å². The number of allylic oxidation sites excluding steroid dienone is 2. The molecule has 2 aromatic rings.